The molecule has 2 saturated heterocycles. The maximum Gasteiger partial charge on any atom is 0.292 e. The van der Waals surface area contributed by atoms with Crippen LogP contribution in [-0.4, -0.2) is 59.5 Å². The number of carbonyl (C=O) groups is 1. The van der Waals surface area contributed by atoms with E-state index in [1.54, 1.807) is 18.3 Å². The molecule has 1 aromatic carbocycles. The van der Waals surface area contributed by atoms with Crippen LogP contribution in [-0.2, 0) is 9.53 Å². The number of benzene rings is 1. The fourth-order valence-corrected chi connectivity index (χ4v) is 4.58. The number of anilines is 1. The zero-order valence-corrected chi connectivity index (χ0v) is 20.6. The third-order valence-electron chi connectivity index (χ3n) is 6.39. The average Bonchev–Trinajstić information content (AvgIpc) is 2.86. The van der Waals surface area contributed by atoms with Crippen molar-refractivity contribution in [2.24, 2.45) is 11.8 Å². The van der Waals surface area contributed by atoms with Crippen molar-refractivity contribution in [2.45, 2.75) is 45.6 Å². The highest BCUT2D eigenvalue weighted by Crippen LogP contribution is 2.23. The van der Waals surface area contributed by atoms with E-state index in [-0.39, 0.29) is 28.5 Å². The molecular formula is C25H33ClN4O4. The largest absolute Gasteiger partial charge is 0.490 e. The molecule has 2 aliphatic heterocycles. The number of nitrogens with one attached hydrogen (secondary N) is 1. The van der Waals surface area contributed by atoms with Gasteiger partial charge in [0.25, 0.3) is 5.56 Å². The quantitative estimate of drug-likeness (QED) is 0.638. The fourth-order valence-electron chi connectivity index (χ4n) is 4.38. The lowest BCUT2D eigenvalue weighted by Crippen LogP contribution is -2.43. The minimum absolute atomic E-state index is 0.0202. The Labute approximate surface area is 205 Å². The monoisotopic (exact) mass is 488 g/mol. The summed E-state index contributed by atoms with van der Waals surface area (Å²) in [4.78, 5) is 26.9. The molecule has 0 radical (unpaired) electrons. The van der Waals surface area contributed by atoms with E-state index in [0.29, 0.717) is 36.9 Å². The number of likely N-dealkylation sites (tertiary alicyclic amines) is 1. The van der Waals surface area contributed by atoms with Gasteiger partial charge in [0.2, 0.25) is 5.91 Å². The third kappa shape index (κ3) is 5.91. The number of aromatic nitrogens is 2. The number of carbonyl (C=O) groups excluding carboxylic acids is 1. The van der Waals surface area contributed by atoms with Crippen LogP contribution in [0.2, 0.25) is 5.02 Å². The summed E-state index contributed by atoms with van der Waals surface area (Å²) in [6.45, 7) is 7.52. The van der Waals surface area contributed by atoms with E-state index < -0.39 is 0 Å². The number of nitrogens with zero attached hydrogens (tertiary/aromatic N) is 3. The van der Waals surface area contributed by atoms with Crippen LogP contribution in [0.4, 0.5) is 5.69 Å². The van der Waals surface area contributed by atoms with Crippen molar-refractivity contribution in [2.75, 3.05) is 38.2 Å². The normalized spacial score (nSPS) is 19.3. The van der Waals surface area contributed by atoms with Gasteiger partial charge in [-0.05, 0) is 43.0 Å². The van der Waals surface area contributed by atoms with Gasteiger partial charge >= 0.3 is 0 Å². The van der Waals surface area contributed by atoms with Crippen molar-refractivity contribution in [1.29, 1.82) is 0 Å². The summed E-state index contributed by atoms with van der Waals surface area (Å²) in [5.41, 5.74) is 0.780. The number of hydrogen-bond donors (Lipinski definition) is 1. The summed E-state index contributed by atoms with van der Waals surface area (Å²) >= 11 is 6.36. The highest BCUT2D eigenvalue weighted by molar-refractivity contribution is 6.32. The Morgan fingerprint density at radius 3 is 2.62 bits per heavy atom. The highest BCUT2D eigenvalue weighted by atomic mass is 35.5. The molecule has 34 heavy (non-hydrogen) atoms. The van der Waals surface area contributed by atoms with Crippen LogP contribution in [0, 0.1) is 11.8 Å². The first kappa shape index (κ1) is 24.5. The van der Waals surface area contributed by atoms with Crippen LogP contribution < -0.4 is 15.6 Å². The minimum Gasteiger partial charge on any atom is -0.490 e. The van der Waals surface area contributed by atoms with Gasteiger partial charge in [-0.1, -0.05) is 25.4 Å². The van der Waals surface area contributed by atoms with Gasteiger partial charge in [0.1, 0.15) is 16.9 Å². The van der Waals surface area contributed by atoms with E-state index in [1.807, 2.05) is 30.9 Å². The van der Waals surface area contributed by atoms with E-state index in [2.05, 4.69) is 10.4 Å². The number of amides is 1. The number of hydrogen-bond acceptors (Lipinski definition) is 6. The Bertz CT molecular complexity index is 1030. The van der Waals surface area contributed by atoms with Crippen molar-refractivity contribution in [1.82, 2.24) is 14.7 Å². The first-order valence-corrected chi connectivity index (χ1v) is 12.5. The lowest BCUT2D eigenvalue weighted by molar-refractivity contribution is -0.136. The van der Waals surface area contributed by atoms with Crippen LogP contribution >= 0.6 is 11.6 Å². The molecule has 9 heteroatoms. The smallest absolute Gasteiger partial charge is 0.292 e. The van der Waals surface area contributed by atoms with Gasteiger partial charge in [-0.3, -0.25) is 9.59 Å². The molecule has 0 saturated carbocycles. The Morgan fingerprint density at radius 2 is 1.97 bits per heavy atom. The van der Waals surface area contributed by atoms with Crippen LogP contribution in [0.25, 0.3) is 5.69 Å². The topological polar surface area (TPSA) is 85.7 Å². The molecule has 2 fully saturated rings. The third-order valence-corrected chi connectivity index (χ3v) is 6.75. The van der Waals surface area contributed by atoms with Gasteiger partial charge in [-0.15, -0.1) is 0 Å². The van der Waals surface area contributed by atoms with Crippen LogP contribution in [0.5, 0.6) is 5.75 Å². The molecule has 1 atom stereocenters. The summed E-state index contributed by atoms with van der Waals surface area (Å²) in [5, 5.41) is 7.67. The van der Waals surface area contributed by atoms with Gasteiger partial charge in [0.05, 0.1) is 24.2 Å². The molecule has 0 unspecified atom stereocenters. The van der Waals surface area contributed by atoms with E-state index in [9.17, 15) is 9.59 Å². The maximum atomic E-state index is 12.8. The summed E-state index contributed by atoms with van der Waals surface area (Å²) in [6, 6.07) is 7.25. The molecule has 2 aromatic rings. The van der Waals surface area contributed by atoms with Crippen molar-refractivity contribution in [3.63, 3.8) is 0 Å². The molecule has 1 aromatic heterocycles. The van der Waals surface area contributed by atoms with Crippen molar-refractivity contribution >= 4 is 23.2 Å². The average molecular weight is 489 g/mol. The Hall–Kier alpha value is -2.58. The Morgan fingerprint density at radius 1 is 1.24 bits per heavy atom. The molecular weight excluding hydrogens is 456 g/mol. The van der Waals surface area contributed by atoms with Crippen molar-refractivity contribution in [3.8, 4) is 11.4 Å². The van der Waals surface area contributed by atoms with Gasteiger partial charge in [-0.2, -0.15) is 9.78 Å². The second-order valence-corrected chi connectivity index (χ2v) is 9.72. The summed E-state index contributed by atoms with van der Waals surface area (Å²) < 4.78 is 12.9. The van der Waals surface area contributed by atoms with E-state index >= 15 is 0 Å². The van der Waals surface area contributed by atoms with Crippen LogP contribution in [0.1, 0.15) is 39.5 Å². The molecule has 2 aliphatic rings. The summed E-state index contributed by atoms with van der Waals surface area (Å²) in [6.07, 6.45) is 5.41. The maximum absolute atomic E-state index is 12.8. The highest BCUT2D eigenvalue weighted by Gasteiger charge is 2.25. The van der Waals surface area contributed by atoms with Gasteiger partial charge in [0, 0.05) is 45.0 Å². The van der Waals surface area contributed by atoms with Crippen LogP contribution in [0.15, 0.2) is 35.3 Å². The number of piperidine rings is 1. The number of halogens is 1. The van der Waals surface area contributed by atoms with Gasteiger partial charge in [-0.25, -0.2) is 0 Å². The SMILES string of the molecule is CC(C)C(=O)N1CCC(Oc2ccc(-n3ncc(NC[C@H]4CCCOC4)c(Cl)c3=O)cc2)CC1. The predicted octanol–water partition coefficient (Wildman–Crippen LogP) is 3.75. The van der Waals surface area contributed by atoms with Crippen molar-refractivity contribution < 1.29 is 14.3 Å². The van der Waals surface area contributed by atoms with Crippen LogP contribution in [0.3, 0.4) is 0 Å². The minimum atomic E-state index is -0.373. The van der Waals surface area contributed by atoms with E-state index in [0.717, 1.165) is 44.6 Å². The lowest BCUT2D eigenvalue weighted by Gasteiger charge is -2.33. The number of ether oxygens (including phenoxy) is 2. The summed E-state index contributed by atoms with van der Waals surface area (Å²) in [5.74, 6) is 1.35. The Balaban J connectivity index is 1.35. The lowest BCUT2D eigenvalue weighted by atomic mass is 10.0. The molecule has 1 N–H and O–H groups in total. The molecule has 3 heterocycles. The second-order valence-electron chi connectivity index (χ2n) is 9.34. The first-order valence-electron chi connectivity index (χ1n) is 12.1. The molecule has 0 bridgehead atoms. The molecule has 184 valence electrons. The predicted molar refractivity (Wildman–Crippen MR) is 132 cm³/mol. The molecule has 1 amide bonds. The van der Waals surface area contributed by atoms with Crippen molar-refractivity contribution in [3.05, 3.63) is 45.8 Å². The Kier molecular flexibility index (Phi) is 8.11. The molecule has 4 rings (SSSR count). The molecule has 8 nitrogen and oxygen atoms in total. The zero-order chi connectivity index (χ0) is 24.1. The van der Waals surface area contributed by atoms with Gasteiger partial charge in [0.15, 0.2) is 0 Å². The fraction of sp³-hybridized carbons (Fsp3) is 0.560. The zero-order valence-electron chi connectivity index (χ0n) is 19.8. The molecule has 0 aliphatic carbocycles. The standard InChI is InChI=1S/C25H33ClN4O4/c1-17(2)24(31)29-11-9-21(10-12-29)34-20-7-5-19(6-8-20)30-25(32)23(26)22(15-28-30)27-14-18-4-3-13-33-16-18/h5-8,15,17-18,21,27H,3-4,9-14,16H2,1-2H3/t18-/m1/s1. The number of rotatable bonds is 7. The van der Waals surface area contributed by atoms with E-state index in [1.165, 1.54) is 4.68 Å². The first-order chi connectivity index (χ1) is 16.4. The van der Waals surface area contributed by atoms with E-state index in [4.69, 9.17) is 21.1 Å². The second kappa shape index (κ2) is 11.2. The van der Waals surface area contributed by atoms with Gasteiger partial charge < -0.3 is 19.7 Å². The summed E-state index contributed by atoms with van der Waals surface area (Å²) in [7, 11) is 0. The molecule has 0 spiro atoms.